The molecule has 0 saturated carbocycles. The van der Waals surface area contributed by atoms with Gasteiger partial charge in [0.25, 0.3) is 5.91 Å². The van der Waals surface area contributed by atoms with Gasteiger partial charge in [-0.05, 0) is 30.4 Å². The summed E-state index contributed by atoms with van der Waals surface area (Å²) in [5, 5.41) is 0.964. The van der Waals surface area contributed by atoms with Gasteiger partial charge in [0, 0.05) is 28.0 Å². The van der Waals surface area contributed by atoms with Gasteiger partial charge in [-0.1, -0.05) is 23.4 Å². The summed E-state index contributed by atoms with van der Waals surface area (Å²) >= 11 is 7.60. The van der Waals surface area contributed by atoms with Crippen molar-refractivity contribution in [2.75, 3.05) is 30.4 Å². The number of rotatable bonds is 3. The van der Waals surface area contributed by atoms with E-state index in [9.17, 15) is 9.18 Å². The van der Waals surface area contributed by atoms with Crippen LogP contribution in [0.1, 0.15) is 5.56 Å². The molecule has 1 saturated heterocycles. The summed E-state index contributed by atoms with van der Waals surface area (Å²) in [6, 6.07) is 4.65. The van der Waals surface area contributed by atoms with Gasteiger partial charge in [0.15, 0.2) is 5.17 Å². The van der Waals surface area contributed by atoms with Crippen LogP contribution in [0.15, 0.2) is 46.1 Å². The number of halogens is 2. The van der Waals surface area contributed by atoms with Crippen LogP contribution in [0.3, 0.4) is 0 Å². The Morgan fingerprint density at radius 1 is 1.44 bits per heavy atom. The molecule has 1 aromatic carbocycles. The first-order valence-electron chi connectivity index (χ1n) is 8.40. The lowest BCUT2D eigenvalue weighted by Crippen LogP contribution is -2.40. The quantitative estimate of drug-likeness (QED) is 0.798. The van der Waals surface area contributed by atoms with E-state index in [1.54, 1.807) is 29.2 Å². The van der Waals surface area contributed by atoms with Gasteiger partial charge in [-0.25, -0.2) is 9.38 Å². The highest BCUT2D eigenvalue weighted by atomic mass is 35.5. The molecule has 2 atom stereocenters. The fraction of sp³-hybridized carbons (Fsp3) is 0.333. The van der Waals surface area contributed by atoms with Crippen molar-refractivity contribution in [3.8, 4) is 0 Å². The molecule has 0 aliphatic carbocycles. The van der Waals surface area contributed by atoms with Crippen LogP contribution < -0.4 is 16.4 Å². The number of thioether (sulfide) groups is 1. The van der Waals surface area contributed by atoms with E-state index in [0.29, 0.717) is 33.8 Å². The molecule has 0 unspecified atom stereocenters. The van der Waals surface area contributed by atoms with Crippen molar-refractivity contribution < 1.29 is 13.9 Å². The molecule has 3 aliphatic rings. The van der Waals surface area contributed by atoms with Gasteiger partial charge in [-0.2, -0.15) is 0 Å². The third kappa shape index (κ3) is 3.11. The van der Waals surface area contributed by atoms with Crippen molar-refractivity contribution >= 4 is 40.1 Å². The molecule has 1 fully saturated rings. The number of fused-ring (bicyclic) bond motifs is 1. The molecule has 4 N–H and O–H groups in total. The third-order valence-corrected chi connectivity index (χ3v) is 6.26. The molecule has 6 nitrogen and oxygen atoms in total. The average Bonchev–Trinajstić information content (AvgIpc) is 3.05. The average molecular weight is 409 g/mol. The summed E-state index contributed by atoms with van der Waals surface area (Å²) in [4.78, 5) is 18.1. The van der Waals surface area contributed by atoms with Gasteiger partial charge in [0.1, 0.15) is 17.1 Å². The van der Waals surface area contributed by atoms with E-state index >= 15 is 0 Å². The SMILES string of the molecule is NC(=O)C1=CC=C(Cl)CN1c1ccc(F)c([C@]23COC[C@H]2CSC(N)=N3)c1. The largest absolute Gasteiger partial charge is 0.379 e. The molecule has 3 aliphatic heterocycles. The zero-order valence-electron chi connectivity index (χ0n) is 14.3. The van der Waals surface area contributed by atoms with E-state index < -0.39 is 11.4 Å². The lowest BCUT2D eigenvalue weighted by Gasteiger charge is -2.35. The Balaban J connectivity index is 1.81. The van der Waals surface area contributed by atoms with Crippen molar-refractivity contribution in [1.82, 2.24) is 0 Å². The number of hydrogen-bond acceptors (Lipinski definition) is 6. The van der Waals surface area contributed by atoms with Gasteiger partial charge in [-0.3, -0.25) is 4.79 Å². The monoisotopic (exact) mass is 408 g/mol. The van der Waals surface area contributed by atoms with Crippen molar-refractivity contribution in [2.24, 2.45) is 22.4 Å². The standard InChI is InChI=1S/C18H18ClFN4O2S/c19-11-1-4-15(16(21)25)24(6-11)12-2-3-14(20)13(5-12)18-9-26-7-10(18)8-27-17(22)23-18/h1-5,10H,6-9H2,(H2,21,25)(H2,22,23)/t10-,18-/m0/s1. The second-order valence-corrected chi connectivity index (χ2v) is 8.20. The van der Waals surface area contributed by atoms with E-state index in [1.807, 2.05) is 0 Å². The van der Waals surface area contributed by atoms with Gasteiger partial charge in [0.05, 0.1) is 19.8 Å². The molecule has 3 heterocycles. The van der Waals surface area contributed by atoms with Crippen LogP contribution in [0.4, 0.5) is 10.1 Å². The molecule has 142 valence electrons. The summed E-state index contributed by atoms with van der Waals surface area (Å²) in [6.45, 7) is 1.03. The van der Waals surface area contributed by atoms with E-state index in [2.05, 4.69) is 4.99 Å². The molecule has 0 radical (unpaired) electrons. The smallest absolute Gasteiger partial charge is 0.265 e. The van der Waals surface area contributed by atoms with Gasteiger partial charge in [0.2, 0.25) is 0 Å². The summed E-state index contributed by atoms with van der Waals surface area (Å²) in [6.07, 6.45) is 3.19. The second-order valence-electron chi connectivity index (χ2n) is 6.68. The van der Waals surface area contributed by atoms with E-state index in [-0.39, 0.29) is 30.6 Å². The number of benzene rings is 1. The first-order valence-corrected chi connectivity index (χ1v) is 9.76. The van der Waals surface area contributed by atoms with E-state index in [1.165, 1.54) is 17.8 Å². The summed E-state index contributed by atoms with van der Waals surface area (Å²) < 4.78 is 20.5. The lowest BCUT2D eigenvalue weighted by molar-refractivity contribution is -0.114. The van der Waals surface area contributed by atoms with Gasteiger partial charge >= 0.3 is 0 Å². The maximum Gasteiger partial charge on any atom is 0.265 e. The Hall–Kier alpha value is -2.03. The predicted molar refractivity (Wildman–Crippen MR) is 105 cm³/mol. The number of nitrogens with zero attached hydrogens (tertiary/aromatic N) is 2. The summed E-state index contributed by atoms with van der Waals surface area (Å²) in [5.74, 6) is -0.238. The predicted octanol–water partition coefficient (Wildman–Crippen LogP) is 2.04. The highest BCUT2D eigenvalue weighted by Crippen LogP contribution is 2.46. The Kier molecular flexibility index (Phi) is 4.65. The van der Waals surface area contributed by atoms with Crippen LogP contribution in [-0.2, 0) is 15.1 Å². The second kappa shape index (κ2) is 6.85. The number of primary amides is 1. The first-order chi connectivity index (χ1) is 12.9. The molecule has 1 amide bonds. The van der Waals surface area contributed by atoms with E-state index in [0.717, 1.165) is 0 Å². The number of anilines is 1. The number of carbonyl (C=O) groups excluding carboxylic acids is 1. The number of nitrogens with two attached hydrogens (primary N) is 2. The normalized spacial score (nSPS) is 27.6. The molecular weight excluding hydrogens is 391 g/mol. The Labute approximate surface area is 165 Å². The van der Waals surface area contributed by atoms with Crippen molar-refractivity contribution in [3.05, 3.63) is 52.5 Å². The lowest BCUT2D eigenvalue weighted by atomic mass is 9.81. The number of ether oxygens (including phenoxy) is 1. The van der Waals surface area contributed by atoms with Crippen LogP contribution in [0.25, 0.3) is 0 Å². The molecule has 27 heavy (non-hydrogen) atoms. The molecular formula is C18H18ClFN4O2S. The highest BCUT2D eigenvalue weighted by Gasteiger charge is 2.49. The maximum atomic E-state index is 14.9. The highest BCUT2D eigenvalue weighted by molar-refractivity contribution is 8.13. The zero-order chi connectivity index (χ0) is 19.2. The summed E-state index contributed by atoms with van der Waals surface area (Å²) in [5.41, 5.74) is 11.9. The maximum absolute atomic E-state index is 14.9. The van der Waals surface area contributed by atoms with Crippen LogP contribution >= 0.6 is 23.4 Å². The van der Waals surface area contributed by atoms with Crippen LogP contribution in [0, 0.1) is 11.7 Å². The number of hydrogen-bond donors (Lipinski definition) is 2. The van der Waals surface area contributed by atoms with Crippen molar-refractivity contribution in [1.29, 1.82) is 0 Å². The molecule has 0 bridgehead atoms. The van der Waals surface area contributed by atoms with Gasteiger partial charge in [-0.15, -0.1) is 0 Å². The van der Waals surface area contributed by atoms with Crippen molar-refractivity contribution in [2.45, 2.75) is 5.54 Å². The summed E-state index contributed by atoms with van der Waals surface area (Å²) in [7, 11) is 0. The third-order valence-electron chi connectivity index (χ3n) is 5.06. The molecule has 1 aromatic rings. The number of allylic oxidation sites excluding steroid dienone is 2. The molecule has 0 aromatic heterocycles. The molecule has 9 heteroatoms. The Bertz CT molecular complexity index is 903. The topological polar surface area (TPSA) is 93.9 Å². The number of amides is 1. The minimum Gasteiger partial charge on any atom is -0.379 e. The Morgan fingerprint density at radius 2 is 2.26 bits per heavy atom. The fourth-order valence-corrected chi connectivity index (χ4v) is 4.86. The number of carbonyl (C=O) groups is 1. The molecule has 4 rings (SSSR count). The minimum absolute atomic E-state index is 0.0237. The van der Waals surface area contributed by atoms with E-state index in [4.69, 9.17) is 27.8 Å². The number of aliphatic imine (C=N–C) groups is 1. The molecule has 0 spiro atoms. The number of amidine groups is 1. The van der Waals surface area contributed by atoms with Crippen LogP contribution in [-0.4, -0.2) is 36.6 Å². The zero-order valence-corrected chi connectivity index (χ0v) is 15.9. The first kappa shape index (κ1) is 18.3. The fourth-order valence-electron chi connectivity index (χ4n) is 3.70. The van der Waals surface area contributed by atoms with Gasteiger partial charge < -0.3 is 21.1 Å². The Morgan fingerprint density at radius 3 is 3.04 bits per heavy atom. The van der Waals surface area contributed by atoms with Crippen LogP contribution in [0.2, 0.25) is 0 Å². The van der Waals surface area contributed by atoms with Crippen molar-refractivity contribution in [3.63, 3.8) is 0 Å². The van der Waals surface area contributed by atoms with Crippen LogP contribution in [0.5, 0.6) is 0 Å². The minimum atomic E-state index is -0.860.